The number of urea groups is 1. The molecule has 2 N–H and O–H groups in total. The van der Waals surface area contributed by atoms with Gasteiger partial charge in [0.05, 0.1) is 0 Å². The van der Waals surface area contributed by atoms with E-state index in [0.717, 1.165) is 12.0 Å². The Kier molecular flexibility index (Phi) is 7.10. The van der Waals surface area contributed by atoms with E-state index in [4.69, 9.17) is 9.15 Å². The van der Waals surface area contributed by atoms with E-state index in [1.165, 1.54) is 0 Å². The Morgan fingerprint density at radius 1 is 1.19 bits per heavy atom. The summed E-state index contributed by atoms with van der Waals surface area (Å²) in [4.78, 5) is 39.5. The monoisotopic (exact) mass is 373 g/mol. The van der Waals surface area contributed by atoms with Crippen LogP contribution in [-0.2, 0) is 9.53 Å². The minimum Gasteiger partial charge on any atom is -0.451 e. The van der Waals surface area contributed by atoms with Crippen LogP contribution in [0.5, 0.6) is 0 Å². The number of rotatable bonds is 7. The lowest BCUT2D eigenvalue weighted by atomic mass is 10.1. The van der Waals surface area contributed by atoms with Gasteiger partial charge in [0.2, 0.25) is 5.89 Å². The number of aryl methyl sites for hydroxylation is 1. The Labute approximate surface area is 157 Å². The summed E-state index contributed by atoms with van der Waals surface area (Å²) in [6.45, 7) is 5.50. The molecule has 0 aliphatic rings. The topological polar surface area (TPSA) is 111 Å². The molecule has 0 aliphatic heterocycles. The summed E-state index contributed by atoms with van der Waals surface area (Å²) < 4.78 is 10.4. The van der Waals surface area contributed by atoms with Gasteiger partial charge in [-0.3, -0.25) is 10.1 Å². The molecule has 8 heteroatoms. The second-order valence-electron chi connectivity index (χ2n) is 6.35. The van der Waals surface area contributed by atoms with Crippen LogP contribution in [-0.4, -0.2) is 36.0 Å². The van der Waals surface area contributed by atoms with E-state index in [2.05, 4.69) is 15.6 Å². The molecule has 2 aromatic rings. The van der Waals surface area contributed by atoms with E-state index in [0.29, 0.717) is 12.5 Å². The van der Waals surface area contributed by atoms with Crippen LogP contribution in [0.3, 0.4) is 0 Å². The number of benzene rings is 1. The highest BCUT2D eigenvalue weighted by atomic mass is 16.5. The van der Waals surface area contributed by atoms with Gasteiger partial charge < -0.3 is 14.5 Å². The quantitative estimate of drug-likeness (QED) is 0.722. The molecule has 0 spiro atoms. The van der Waals surface area contributed by atoms with Crippen LogP contribution in [0, 0.1) is 12.8 Å². The fourth-order valence-corrected chi connectivity index (χ4v) is 2.17. The van der Waals surface area contributed by atoms with E-state index in [-0.39, 0.29) is 17.3 Å². The van der Waals surface area contributed by atoms with Gasteiger partial charge in [0.25, 0.3) is 5.91 Å². The number of esters is 1. The molecular weight excluding hydrogens is 350 g/mol. The Hall–Kier alpha value is -3.16. The van der Waals surface area contributed by atoms with Crippen molar-refractivity contribution in [2.45, 2.75) is 27.2 Å². The van der Waals surface area contributed by atoms with Crippen LogP contribution in [0.1, 0.15) is 36.5 Å². The summed E-state index contributed by atoms with van der Waals surface area (Å²) in [5.74, 6) is -0.517. The Balaban J connectivity index is 1.84. The molecule has 0 saturated carbocycles. The third kappa shape index (κ3) is 6.25. The number of oxazole rings is 1. The molecule has 0 fully saturated rings. The predicted octanol–water partition coefficient (Wildman–Crippen LogP) is 2.68. The van der Waals surface area contributed by atoms with Crippen molar-refractivity contribution >= 4 is 17.9 Å². The number of hydrogen-bond acceptors (Lipinski definition) is 6. The SMILES string of the molecule is Cc1oc(-c2ccccc2)nc1C(=O)OCC(=O)NC(=O)NCCC(C)C. The number of amides is 3. The lowest BCUT2D eigenvalue weighted by Crippen LogP contribution is -2.42. The Morgan fingerprint density at radius 3 is 2.56 bits per heavy atom. The zero-order valence-electron chi connectivity index (χ0n) is 15.6. The number of aromatic nitrogens is 1. The van der Waals surface area contributed by atoms with Crippen LogP contribution in [0.15, 0.2) is 34.7 Å². The summed E-state index contributed by atoms with van der Waals surface area (Å²) in [6, 6.07) is 8.47. The van der Waals surface area contributed by atoms with Gasteiger partial charge in [-0.2, -0.15) is 0 Å². The Morgan fingerprint density at radius 2 is 1.89 bits per heavy atom. The largest absolute Gasteiger partial charge is 0.451 e. The van der Waals surface area contributed by atoms with Crippen molar-refractivity contribution in [1.29, 1.82) is 0 Å². The highest BCUT2D eigenvalue weighted by Gasteiger charge is 2.20. The normalized spacial score (nSPS) is 10.5. The smallest absolute Gasteiger partial charge is 0.361 e. The molecule has 0 bridgehead atoms. The van der Waals surface area contributed by atoms with Crippen LogP contribution in [0.2, 0.25) is 0 Å². The molecule has 0 radical (unpaired) electrons. The lowest BCUT2D eigenvalue weighted by Gasteiger charge is -2.08. The molecular formula is C19H23N3O5. The molecule has 27 heavy (non-hydrogen) atoms. The van der Waals surface area contributed by atoms with E-state index >= 15 is 0 Å². The number of nitrogens with one attached hydrogen (secondary N) is 2. The average Bonchev–Trinajstić information content (AvgIpc) is 3.02. The first-order valence-electron chi connectivity index (χ1n) is 8.64. The summed E-state index contributed by atoms with van der Waals surface area (Å²) in [5, 5.41) is 4.65. The maximum Gasteiger partial charge on any atom is 0.361 e. The first-order chi connectivity index (χ1) is 12.9. The minimum absolute atomic E-state index is 0.0111. The molecule has 1 heterocycles. The molecule has 0 saturated heterocycles. The molecule has 0 atom stereocenters. The molecule has 8 nitrogen and oxygen atoms in total. The van der Waals surface area contributed by atoms with E-state index in [1.807, 2.05) is 32.0 Å². The maximum atomic E-state index is 12.1. The van der Waals surface area contributed by atoms with Gasteiger partial charge in [-0.1, -0.05) is 32.0 Å². The first kappa shape index (κ1) is 20.2. The van der Waals surface area contributed by atoms with Gasteiger partial charge in [-0.05, 0) is 31.4 Å². The predicted molar refractivity (Wildman–Crippen MR) is 98.0 cm³/mol. The van der Waals surface area contributed by atoms with Crippen LogP contribution < -0.4 is 10.6 Å². The van der Waals surface area contributed by atoms with Gasteiger partial charge in [0.15, 0.2) is 12.3 Å². The summed E-state index contributed by atoms with van der Waals surface area (Å²) in [7, 11) is 0. The van der Waals surface area contributed by atoms with E-state index < -0.39 is 24.5 Å². The molecule has 144 valence electrons. The Bertz CT molecular complexity index is 799. The van der Waals surface area contributed by atoms with Crippen molar-refractivity contribution in [3.63, 3.8) is 0 Å². The zero-order valence-corrected chi connectivity index (χ0v) is 15.6. The van der Waals surface area contributed by atoms with Crippen molar-refractivity contribution in [2.24, 2.45) is 5.92 Å². The number of ether oxygens (including phenoxy) is 1. The van der Waals surface area contributed by atoms with Crippen LogP contribution in [0.25, 0.3) is 11.5 Å². The molecule has 1 aromatic carbocycles. The highest BCUT2D eigenvalue weighted by Crippen LogP contribution is 2.21. The number of imide groups is 1. The van der Waals surface area contributed by atoms with Crippen molar-refractivity contribution in [1.82, 2.24) is 15.6 Å². The van der Waals surface area contributed by atoms with Crippen molar-refractivity contribution in [3.05, 3.63) is 41.8 Å². The van der Waals surface area contributed by atoms with Gasteiger partial charge >= 0.3 is 12.0 Å². The number of hydrogen-bond donors (Lipinski definition) is 2. The van der Waals surface area contributed by atoms with Gasteiger partial charge in [-0.15, -0.1) is 0 Å². The van der Waals surface area contributed by atoms with Crippen LogP contribution >= 0.6 is 0 Å². The molecule has 2 rings (SSSR count). The molecule has 1 aromatic heterocycles. The number of nitrogens with zero attached hydrogens (tertiary/aromatic N) is 1. The second-order valence-corrected chi connectivity index (χ2v) is 6.35. The zero-order chi connectivity index (χ0) is 19.8. The fraction of sp³-hybridized carbons (Fsp3) is 0.368. The average molecular weight is 373 g/mol. The number of carbonyl (C=O) groups is 3. The third-order valence-electron chi connectivity index (χ3n) is 3.61. The minimum atomic E-state index is -0.797. The standard InChI is InChI=1S/C19H23N3O5/c1-12(2)9-10-20-19(25)21-15(23)11-26-18(24)16-13(3)27-17(22-16)14-7-5-4-6-8-14/h4-8,12H,9-11H2,1-3H3,(H2,20,21,23,25). The van der Waals surface area contributed by atoms with Crippen molar-refractivity contribution < 1.29 is 23.5 Å². The number of carbonyl (C=O) groups excluding carboxylic acids is 3. The van der Waals surface area contributed by atoms with Gasteiger partial charge in [-0.25, -0.2) is 14.6 Å². The third-order valence-corrected chi connectivity index (χ3v) is 3.61. The van der Waals surface area contributed by atoms with Crippen molar-refractivity contribution in [3.8, 4) is 11.5 Å². The highest BCUT2D eigenvalue weighted by molar-refractivity contribution is 5.96. The van der Waals surface area contributed by atoms with E-state index in [1.54, 1.807) is 19.1 Å². The second kappa shape index (κ2) is 9.51. The maximum absolute atomic E-state index is 12.1. The fourth-order valence-electron chi connectivity index (χ4n) is 2.17. The van der Waals surface area contributed by atoms with Gasteiger partial charge in [0.1, 0.15) is 5.76 Å². The summed E-state index contributed by atoms with van der Waals surface area (Å²) in [6.07, 6.45) is 0.797. The van der Waals surface area contributed by atoms with E-state index in [9.17, 15) is 14.4 Å². The summed E-state index contributed by atoms with van der Waals surface area (Å²) in [5.41, 5.74) is 0.707. The van der Waals surface area contributed by atoms with Crippen molar-refractivity contribution in [2.75, 3.05) is 13.2 Å². The summed E-state index contributed by atoms with van der Waals surface area (Å²) >= 11 is 0. The van der Waals surface area contributed by atoms with Gasteiger partial charge in [0, 0.05) is 12.1 Å². The molecule has 3 amide bonds. The lowest BCUT2D eigenvalue weighted by molar-refractivity contribution is -0.123. The van der Waals surface area contributed by atoms with Crippen LogP contribution in [0.4, 0.5) is 4.79 Å². The molecule has 0 unspecified atom stereocenters. The first-order valence-corrected chi connectivity index (χ1v) is 8.64. The molecule has 0 aliphatic carbocycles.